The molecule has 1 aromatic rings. The number of hydrogen-bond donors (Lipinski definition) is 2. The molecule has 2 N–H and O–H groups in total. The zero-order valence-electron chi connectivity index (χ0n) is 10.7. The van der Waals surface area contributed by atoms with Gasteiger partial charge in [0.1, 0.15) is 6.04 Å². The number of imide groups is 1. The summed E-state index contributed by atoms with van der Waals surface area (Å²) in [6.45, 7) is 2.01. The molecule has 0 bridgehead atoms. The summed E-state index contributed by atoms with van der Waals surface area (Å²) in [7, 11) is 0. The molecule has 1 fully saturated rings. The van der Waals surface area contributed by atoms with Gasteiger partial charge in [-0.05, 0) is 18.9 Å². The summed E-state index contributed by atoms with van der Waals surface area (Å²) in [5, 5.41) is 4.73. The third kappa shape index (κ3) is 3.64. The van der Waals surface area contributed by atoms with E-state index in [0.717, 1.165) is 5.56 Å². The number of carbonyl (C=O) groups is 3. The minimum atomic E-state index is -0.710. The van der Waals surface area contributed by atoms with Gasteiger partial charge >= 0.3 is 0 Å². The summed E-state index contributed by atoms with van der Waals surface area (Å²) < 4.78 is 0. The summed E-state index contributed by atoms with van der Waals surface area (Å²) in [5.74, 6) is -0.974. The van der Waals surface area contributed by atoms with Crippen LogP contribution >= 0.6 is 0 Å². The molecule has 0 aromatic heterocycles. The van der Waals surface area contributed by atoms with Crippen LogP contribution in [0.2, 0.25) is 0 Å². The third-order valence-electron chi connectivity index (χ3n) is 3.07. The van der Waals surface area contributed by atoms with Crippen LogP contribution in [0.5, 0.6) is 0 Å². The highest BCUT2D eigenvalue weighted by Crippen LogP contribution is 2.07. The Morgan fingerprint density at radius 1 is 1.32 bits per heavy atom. The van der Waals surface area contributed by atoms with Gasteiger partial charge in [-0.2, -0.15) is 0 Å². The van der Waals surface area contributed by atoms with Crippen molar-refractivity contribution in [3.05, 3.63) is 35.4 Å². The van der Waals surface area contributed by atoms with Gasteiger partial charge in [0.25, 0.3) is 0 Å². The first-order valence-corrected chi connectivity index (χ1v) is 6.23. The summed E-state index contributed by atoms with van der Waals surface area (Å²) >= 11 is 0. The first-order valence-electron chi connectivity index (χ1n) is 6.23. The van der Waals surface area contributed by atoms with Gasteiger partial charge in [-0.1, -0.05) is 29.8 Å². The predicted octanol–water partition coefficient (Wildman–Crippen LogP) is 0.459. The average Bonchev–Trinajstić information content (AvgIpc) is 2.67. The summed E-state index contributed by atoms with van der Waals surface area (Å²) in [6, 6.07) is 7.24. The minimum absolute atomic E-state index is 0.0368. The van der Waals surface area contributed by atoms with Crippen molar-refractivity contribution in [1.29, 1.82) is 0 Å². The number of nitrogens with one attached hydrogen (secondary N) is 2. The van der Waals surface area contributed by atoms with Crippen molar-refractivity contribution in [2.45, 2.75) is 32.2 Å². The maximum atomic E-state index is 11.7. The topological polar surface area (TPSA) is 75.3 Å². The van der Waals surface area contributed by atoms with E-state index in [1.54, 1.807) is 0 Å². The Labute approximate surface area is 111 Å². The van der Waals surface area contributed by atoms with Crippen LogP contribution in [0.4, 0.5) is 0 Å². The van der Waals surface area contributed by atoms with Gasteiger partial charge < -0.3 is 5.32 Å². The minimum Gasteiger partial charge on any atom is -0.344 e. The van der Waals surface area contributed by atoms with Gasteiger partial charge in [0.2, 0.25) is 17.7 Å². The highest BCUT2D eigenvalue weighted by Gasteiger charge is 2.31. The molecule has 2 rings (SSSR count). The molecule has 5 heteroatoms. The molecule has 19 heavy (non-hydrogen) atoms. The van der Waals surface area contributed by atoms with E-state index in [1.807, 2.05) is 31.2 Å². The molecule has 1 aliphatic rings. The lowest BCUT2D eigenvalue weighted by molar-refractivity contribution is -0.128. The number of benzene rings is 1. The molecule has 1 unspecified atom stereocenters. The lowest BCUT2D eigenvalue weighted by Gasteiger charge is -2.09. The van der Waals surface area contributed by atoms with E-state index in [1.165, 1.54) is 5.56 Å². The molecule has 0 saturated carbocycles. The lowest BCUT2D eigenvalue weighted by atomic mass is 10.1. The lowest BCUT2D eigenvalue weighted by Crippen LogP contribution is -2.40. The molecule has 100 valence electrons. The third-order valence-corrected chi connectivity index (χ3v) is 3.07. The van der Waals surface area contributed by atoms with Crippen molar-refractivity contribution in [2.75, 3.05) is 0 Å². The van der Waals surface area contributed by atoms with Crippen LogP contribution in [0.1, 0.15) is 24.0 Å². The van der Waals surface area contributed by atoms with E-state index in [0.29, 0.717) is 12.8 Å². The zero-order valence-corrected chi connectivity index (χ0v) is 10.7. The molecule has 1 atom stereocenters. The van der Waals surface area contributed by atoms with E-state index < -0.39 is 11.9 Å². The highest BCUT2D eigenvalue weighted by molar-refractivity contribution is 6.06. The van der Waals surface area contributed by atoms with Crippen molar-refractivity contribution >= 4 is 17.7 Å². The molecule has 3 amide bonds. The molecular weight excluding hydrogens is 244 g/mol. The van der Waals surface area contributed by atoms with Gasteiger partial charge in [-0.15, -0.1) is 0 Å². The van der Waals surface area contributed by atoms with Crippen molar-refractivity contribution < 1.29 is 14.4 Å². The van der Waals surface area contributed by atoms with Gasteiger partial charge in [-0.25, -0.2) is 0 Å². The normalized spacial score (nSPS) is 18.3. The second kappa shape index (κ2) is 5.65. The van der Waals surface area contributed by atoms with E-state index >= 15 is 0 Å². The Morgan fingerprint density at radius 2 is 2.00 bits per heavy atom. The van der Waals surface area contributed by atoms with Crippen molar-refractivity contribution in [2.24, 2.45) is 0 Å². The summed E-state index contributed by atoms with van der Waals surface area (Å²) in [4.78, 5) is 33.9. The van der Waals surface area contributed by atoms with Crippen LogP contribution in [-0.4, -0.2) is 23.8 Å². The fourth-order valence-electron chi connectivity index (χ4n) is 1.95. The predicted molar refractivity (Wildman–Crippen MR) is 69.2 cm³/mol. The van der Waals surface area contributed by atoms with Gasteiger partial charge in [-0.3, -0.25) is 19.7 Å². The van der Waals surface area contributed by atoms with E-state index in [9.17, 15) is 14.4 Å². The van der Waals surface area contributed by atoms with Crippen LogP contribution in [0.15, 0.2) is 24.3 Å². The van der Waals surface area contributed by atoms with E-state index in [-0.39, 0.29) is 18.2 Å². The van der Waals surface area contributed by atoms with Crippen molar-refractivity contribution in [3.63, 3.8) is 0 Å². The van der Waals surface area contributed by atoms with Crippen LogP contribution in [-0.2, 0) is 20.8 Å². The maximum Gasteiger partial charge on any atom is 0.249 e. The van der Waals surface area contributed by atoms with Crippen LogP contribution < -0.4 is 10.6 Å². The van der Waals surface area contributed by atoms with E-state index in [2.05, 4.69) is 10.6 Å². The summed E-state index contributed by atoms with van der Waals surface area (Å²) in [5.41, 5.74) is 2.25. The first-order chi connectivity index (χ1) is 9.04. The molecule has 1 heterocycles. The standard InChI is InChI=1S/C14H16N2O3/c1-9-2-4-10(5-3-9)6-7-12(17)15-11-8-13(18)16-14(11)19/h2-5,11H,6-8H2,1H3,(H,15,17)(H,16,18,19). The molecule has 5 nitrogen and oxygen atoms in total. The van der Waals surface area contributed by atoms with E-state index in [4.69, 9.17) is 0 Å². The fourth-order valence-corrected chi connectivity index (χ4v) is 1.95. The smallest absolute Gasteiger partial charge is 0.249 e. The zero-order chi connectivity index (χ0) is 13.8. The molecule has 0 radical (unpaired) electrons. The Hall–Kier alpha value is -2.17. The van der Waals surface area contributed by atoms with Gasteiger partial charge in [0, 0.05) is 6.42 Å². The quantitative estimate of drug-likeness (QED) is 0.772. The number of aryl methyl sites for hydroxylation is 2. The second-order valence-corrected chi connectivity index (χ2v) is 4.72. The molecule has 1 aromatic carbocycles. The number of hydrogen-bond acceptors (Lipinski definition) is 3. The average molecular weight is 260 g/mol. The molecule has 1 saturated heterocycles. The number of rotatable bonds is 4. The monoisotopic (exact) mass is 260 g/mol. The van der Waals surface area contributed by atoms with Crippen LogP contribution in [0, 0.1) is 6.92 Å². The van der Waals surface area contributed by atoms with Crippen molar-refractivity contribution in [1.82, 2.24) is 10.6 Å². The highest BCUT2D eigenvalue weighted by atomic mass is 16.2. The summed E-state index contributed by atoms with van der Waals surface area (Å²) in [6.07, 6.45) is 0.963. The molecule has 0 spiro atoms. The van der Waals surface area contributed by atoms with Gasteiger partial charge in [0.15, 0.2) is 0 Å². The number of carbonyl (C=O) groups excluding carboxylic acids is 3. The Morgan fingerprint density at radius 3 is 2.58 bits per heavy atom. The molecule has 0 aliphatic carbocycles. The largest absolute Gasteiger partial charge is 0.344 e. The van der Waals surface area contributed by atoms with Crippen LogP contribution in [0.25, 0.3) is 0 Å². The molecule has 1 aliphatic heterocycles. The Kier molecular flexibility index (Phi) is 3.94. The maximum absolute atomic E-state index is 11.7. The number of amides is 3. The Bertz CT molecular complexity index is 508. The Balaban J connectivity index is 1.80. The second-order valence-electron chi connectivity index (χ2n) is 4.72. The van der Waals surface area contributed by atoms with Crippen molar-refractivity contribution in [3.8, 4) is 0 Å². The molecular formula is C14H16N2O3. The van der Waals surface area contributed by atoms with Crippen LogP contribution in [0.3, 0.4) is 0 Å². The first kappa shape index (κ1) is 13.3. The fraction of sp³-hybridized carbons (Fsp3) is 0.357. The van der Waals surface area contributed by atoms with Gasteiger partial charge in [0.05, 0.1) is 6.42 Å². The SMILES string of the molecule is Cc1ccc(CCC(=O)NC2CC(=O)NC2=O)cc1.